The van der Waals surface area contributed by atoms with Gasteiger partial charge < -0.3 is 11.1 Å². The van der Waals surface area contributed by atoms with Crippen molar-refractivity contribution >= 4 is 23.1 Å². The van der Waals surface area contributed by atoms with Gasteiger partial charge in [0, 0.05) is 4.88 Å². The average molecular weight is 276 g/mol. The Kier molecular flexibility index (Phi) is 4.11. The van der Waals surface area contributed by atoms with Crippen molar-refractivity contribution in [2.24, 2.45) is 11.7 Å². The third kappa shape index (κ3) is 3.29. The zero-order valence-corrected chi connectivity index (χ0v) is 11.6. The Balaban J connectivity index is 2.16. The molecule has 2 heterocycles. The molecule has 0 radical (unpaired) electrons. The number of aromatic nitrogens is 2. The van der Waals surface area contributed by atoms with Gasteiger partial charge in [0.2, 0.25) is 0 Å². The van der Waals surface area contributed by atoms with E-state index < -0.39 is 5.91 Å². The number of primary amides is 1. The molecule has 5 nitrogen and oxygen atoms in total. The largest absolute Gasteiger partial charge is 0.364 e. The zero-order valence-electron chi connectivity index (χ0n) is 10.8. The molecule has 1 amide bonds. The smallest absolute Gasteiger partial charge is 0.269 e. The van der Waals surface area contributed by atoms with Crippen molar-refractivity contribution in [3.63, 3.8) is 0 Å². The van der Waals surface area contributed by atoms with Crippen LogP contribution in [0.25, 0.3) is 0 Å². The first-order valence-electron chi connectivity index (χ1n) is 6.01. The predicted molar refractivity (Wildman–Crippen MR) is 76.1 cm³/mol. The maximum absolute atomic E-state index is 10.9. The summed E-state index contributed by atoms with van der Waals surface area (Å²) >= 11 is 1.70. The number of hydrogen-bond acceptors (Lipinski definition) is 5. The van der Waals surface area contributed by atoms with Crippen LogP contribution in [0.5, 0.6) is 0 Å². The number of amides is 1. The third-order valence-electron chi connectivity index (χ3n) is 2.74. The molecule has 0 bridgehead atoms. The zero-order chi connectivity index (χ0) is 13.8. The number of anilines is 1. The molecule has 2 aromatic rings. The van der Waals surface area contributed by atoms with E-state index in [-0.39, 0.29) is 11.7 Å². The minimum atomic E-state index is -0.572. The lowest BCUT2D eigenvalue weighted by atomic mass is 10.0. The molecule has 0 aliphatic heterocycles. The van der Waals surface area contributed by atoms with Crippen molar-refractivity contribution < 1.29 is 4.79 Å². The van der Waals surface area contributed by atoms with Crippen LogP contribution in [-0.2, 0) is 0 Å². The number of hydrogen-bond donors (Lipinski definition) is 2. The minimum Gasteiger partial charge on any atom is -0.364 e. The summed E-state index contributed by atoms with van der Waals surface area (Å²) in [4.78, 5) is 12.2. The second kappa shape index (κ2) is 5.79. The third-order valence-corrected chi connectivity index (χ3v) is 3.69. The van der Waals surface area contributed by atoms with E-state index in [1.54, 1.807) is 23.5 Å². The Labute approximate surface area is 115 Å². The second-order valence-corrected chi connectivity index (χ2v) is 5.53. The van der Waals surface area contributed by atoms with Gasteiger partial charge in [-0.1, -0.05) is 19.9 Å². The molecule has 2 aromatic heterocycles. The molecule has 100 valence electrons. The van der Waals surface area contributed by atoms with Crippen LogP contribution in [0.3, 0.4) is 0 Å². The van der Waals surface area contributed by atoms with Crippen molar-refractivity contribution in [2.45, 2.75) is 19.9 Å². The topological polar surface area (TPSA) is 80.9 Å². The van der Waals surface area contributed by atoms with E-state index in [2.05, 4.69) is 35.4 Å². The fraction of sp³-hybridized carbons (Fsp3) is 0.308. The van der Waals surface area contributed by atoms with Crippen molar-refractivity contribution in [3.05, 3.63) is 40.2 Å². The van der Waals surface area contributed by atoms with Crippen molar-refractivity contribution in [2.75, 3.05) is 5.32 Å². The van der Waals surface area contributed by atoms with E-state index in [4.69, 9.17) is 5.73 Å². The Morgan fingerprint density at radius 1 is 1.32 bits per heavy atom. The Morgan fingerprint density at radius 3 is 2.58 bits per heavy atom. The molecule has 0 aromatic carbocycles. The lowest BCUT2D eigenvalue weighted by Crippen LogP contribution is -2.18. The highest BCUT2D eigenvalue weighted by Gasteiger charge is 2.17. The minimum absolute atomic E-state index is 0.169. The lowest BCUT2D eigenvalue weighted by Gasteiger charge is -2.21. The molecular formula is C13H16N4OS. The van der Waals surface area contributed by atoms with Crippen LogP contribution in [-0.4, -0.2) is 16.1 Å². The summed E-state index contributed by atoms with van der Waals surface area (Å²) in [5.41, 5.74) is 5.30. The molecule has 0 saturated heterocycles. The van der Waals surface area contributed by atoms with Crippen LogP contribution < -0.4 is 11.1 Å². The van der Waals surface area contributed by atoms with Crippen LogP contribution in [0.15, 0.2) is 29.6 Å². The van der Waals surface area contributed by atoms with Crippen LogP contribution >= 0.6 is 11.3 Å². The Hall–Kier alpha value is -1.95. The Bertz CT molecular complexity index is 536. The highest BCUT2D eigenvalue weighted by Crippen LogP contribution is 2.28. The molecule has 3 N–H and O–H groups in total. The van der Waals surface area contributed by atoms with Gasteiger partial charge in [-0.2, -0.15) is 0 Å². The van der Waals surface area contributed by atoms with E-state index in [1.807, 2.05) is 11.4 Å². The first-order chi connectivity index (χ1) is 9.08. The highest BCUT2D eigenvalue weighted by atomic mass is 32.1. The highest BCUT2D eigenvalue weighted by molar-refractivity contribution is 7.10. The van der Waals surface area contributed by atoms with Gasteiger partial charge in [-0.15, -0.1) is 21.5 Å². The first-order valence-corrected chi connectivity index (χ1v) is 6.89. The number of nitrogens with one attached hydrogen (secondary N) is 1. The summed E-state index contributed by atoms with van der Waals surface area (Å²) < 4.78 is 0. The first kappa shape index (κ1) is 13.5. The number of nitrogens with zero attached hydrogens (tertiary/aromatic N) is 2. The fourth-order valence-electron chi connectivity index (χ4n) is 1.73. The number of carbonyl (C=O) groups excluding carboxylic acids is 1. The lowest BCUT2D eigenvalue weighted by molar-refractivity contribution is 0.0994. The normalized spacial score (nSPS) is 12.4. The standard InChI is InChI=1S/C13H16N4OS/c1-8(2)12(10-4-3-7-19-10)15-11-6-5-9(13(14)18)16-17-11/h3-8,12H,1-2H3,(H2,14,18)(H,15,17). The molecule has 2 rings (SSSR count). The summed E-state index contributed by atoms with van der Waals surface area (Å²) in [5, 5.41) is 13.1. The van der Waals surface area contributed by atoms with E-state index in [0.29, 0.717) is 11.7 Å². The molecule has 19 heavy (non-hydrogen) atoms. The van der Waals surface area contributed by atoms with Crippen LogP contribution in [0.1, 0.15) is 35.3 Å². The molecule has 0 saturated carbocycles. The molecule has 1 unspecified atom stereocenters. The van der Waals surface area contributed by atoms with Crippen molar-refractivity contribution in [3.8, 4) is 0 Å². The summed E-state index contributed by atoms with van der Waals surface area (Å²) in [7, 11) is 0. The maximum Gasteiger partial charge on any atom is 0.269 e. The van der Waals surface area contributed by atoms with Crippen molar-refractivity contribution in [1.82, 2.24) is 10.2 Å². The Morgan fingerprint density at radius 2 is 2.11 bits per heavy atom. The SMILES string of the molecule is CC(C)C(Nc1ccc(C(N)=O)nn1)c1cccs1. The molecular weight excluding hydrogens is 260 g/mol. The van der Waals surface area contributed by atoms with Crippen LogP contribution in [0.2, 0.25) is 0 Å². The van der Waals surface area contributed by atoms with E-state index >= 15 is 0 Å². The molecule has 0 aliphatic carbocycles. The number of thiophene rings is 1. The number of nitrogens with two attached hydrogens (primary N) is 1. The molecule has 0 fully saturated rings. The van der Waals surface area contributed by atoms with E-state index in [0.717, 1.165) is 0 Å². The van der Waals surface area contributed by atoms with Gasteiger partial charge in [-0.3, -0.25) is 4.79 Å². The second-order valence-electron chi connectivity index (χ2n) is 4.55. The van der Waals surface area contributed by atoms with Crippen LogP contribution in [0, 0.1) is 5.92 Å². The van der Waals surface area contributed by atoms with Gasteiger partial charge >= 0.3 is 0 Å². The van der Waals surface area contributed by atoms with E-state index in [1.165, 1.54) is 4.88 Å². The molecule has 0 aliphatic rings. The van der Waals surface area contributed by atoms with E-state index in [9.17, 15) is 4.79 Å². The quantitative estimate of drug-likeness (QED) is 0.879. The van der Waals surface area contributed by atoms with Gasteiger partial charge in [-0.25, -0.2) is 0 Å². The summed E-state index contributed by atoms with van der Waals surface area (Å²) in [6.45, 7) is 4.28. The monoisotopic (exact) mass is 276 g/mol. The fourth-order valence-corrected chi connectivity index (χ4v) is 2.68. The maximum atomic E-state index is 10.9. The van der Waals surface area contributed by atoms with Gasteiger partial charge in [-0.05, 0) is 29.5 Å². The van der Waals surface area contributed by atoms with Gasteiger partial charge in [0.15, 0.2) is 5.69 Å². The summed E-state index contributed by atoms with van der Waals surface area (Å²) in [6, 6.07) is 7.58. The average Bonchev–Trinajstić information content (AvgIpc) is 2.89. The summed E-state index contributed by atoms with van der Waals surface area (Å²) in [5.74, 6) is 0.478. The van der Waals surface area contributed by atoms with Gasteiger partial charge in [0.1, 0.15) is 5.82 Å². The molecule has 6 heteroatoms. The summed E-state index contributed by atoms with van der Waals surface area (Å²) in [6.07, 6.45) is 0. The number of carbonyl (C=O) groups is 1. The van der Waals surface area contributed by atoms with Crippen LogP contribution in [0.4, 0.5) is 5.82 Å². The van der Waals surface area contributed by atoms with Crippen molar-refractivity contribution in [1.29, 1.82) is 0 Å². The molecule has 0 spiro atoms. The van der Waals surface area contributed by atoms with Gasteiger partial charge in [0.25, 0.3) is 5.91 Å². The number of rotatable bonds is 5. The predicted octanol–water partition coefficient (Wildman–Crippen LogP) is 2.45. The molecule has 1 atom stereocenters. The van der Waals surface area contributed by atoms with Gasteiger partial charge in [0.05, 0.1) is 6.04 Å².